The molecule has 0 aliphatic rings. The van der Waals surface area contributed by atoms with Crippen LogP contribution in [0.3, 0.4) is 0 Å². The summed E-state index contributed by atoms with van der Waals surface area (Å²) < 4.78 is 4.45. The Balaban J connectivity index is 3.33. The second kappa shape index (κ2) is 3.87. The maximum atomic E-state index is 11.2. The van der Waals surface area contributed by atoms with Gasteiger partial charge in [0.25, 0.3) is 0 Å². The molecule has 0 aliphatic heterocycles. The lowest BCUT2D eigenvalue weighted by molar-refractivity contribution is 0.0600. The second-order valence-corrected chi connectivity index (χ2v) is 2.78. The van der Waals surface area contributed by atoms with Gasteiger partial charge in [0.2, 0.25) is 0 Å². The average molecular weight is 210 g/mol. The van der Waals surface area contributed by atoms with Crippen molar-refractivity contribution < 1.29 is 19.4 Å². The number of carboxylic acids is 1. The van der Waals surface area contributed by atoms with Crippen molar-refractivity contribution in [1.29, 1.82) is 0 Å². The van der Waals surface area contributed by atoms with Gasteiger partial charge in [-0.05, 0) is 12.1 Å². The first-order chi connectivity index (χ1) is 6.99. The van der Waals surface area contributed by atoms with Gasteiger partial charge in [-0.3, -0.25) is 0 Å². The molecule has 80 valence electrons. The van der Waals surface area contributed by atoms with E-state index in [1.165, 1.54) is 19.2 Å². The molecule has 1 rings (SSSR count). The maximum absolute atomic E-state index is 11.2. The first kappa shape index (κ1) is 10.8. The molecule has 5 N–H and O–H groups in total. The standard InChI is InChI=1S/C9H10N2O4/c1-15-9(14)5-3-2-4(8(12)13)6(10)7(5)11/h2-3H,10-11H2,1H3,(H,12,13). The monoisotopic (exact) mass is 210 g/mol. The fourth-order valence-electron chi connectivity index (χ4n) is 1.11. The third kappa shape index (κ3) is 1.83. The summed E-state index contributed by atoms with van der Waals surface area (Å²) >= 11 is 0. The number of hydrogen-bond acceptors (Lipinski definition) is 5. The fraction of sp³-hybridized carbons (Fsp3) is 0.111. The average Bonchev–Trinajstić information content (AvgIpc) is 2.20. The molecule has 0 unspecified atom stereocenters. The molecule has 0 aliphatic carbocycles. The molecular weight excluding hydrogens is 200 g/mol. The Morgan fingerprint density at radius 1 is 1.20 bits per heavy atom. The van der Waals surface area contributed by atoms with Crippen molar-refractivity contribution in [2.75, 3.05) is 18.6 Å². The summed E-state index contributed by atoms with van der Waals surface area (Å²) in [6.07, 6.45) is 0. The Hall–Kier alpha value is -2.24. The van der Waals surface area contributed by atoms with Crippen LogP contribution in [0.15, 0.2) is 12.1 Å². The van der Waals surface area contributed by atoms with E-state index < -0.39 is 11.9 Å². The number of carbonyl (C=O) groups excluding carboxylic acids is 1. The molecule has 1 aromatic carbocycles. The Morgan fingerprint density at radius 3 is 2.13 bits per heavy atom. The zero-order valence-corrected chi connectivity index (χ0v) is 7.98. The molecule has 0 saturated carbocycles. The van der Waals surface area contributed by atoms with E-state index in [0.29, 0.717) is 0 Å². The molecule has 0 saturated heterocycles. The zero-order valence-electron chi connectivity index (χ0n) is 7.98. The molecule has 0 radical (unpaired) electrons. The first-order valence-corrected chi connectivity index (χ1v) is 3.98. The zero-order chi connectivity index (χ0) is 11.6. The predicted octanol–water partition coefficient (Wildman–Crippen LogP) is 0.336. The van der Waals surface area contributed by atoms with Crippen LogP contribution in [-0.4, -0.2) is 24.2 Å². The number of esters is 1. The lowest BCUT2D eigenvalue weighted by atomic mass is 10.1. The highest BCUT2D eigenvalue weighted by Gasteiger charge is 2.17. The molecule has 6 heteroatoms. The quantitative estimate of drug-likeness (QED) is 0.478. The lowest BCUT2D eigenvalue weighted by Gasteiger charge is -2.08. The molecule has 1 aromatic rings. The Bertz CT molecular complexity index is 428. The molecule has 0 bridgehead atoms. The first-order valence-electron chi connectivity index (χ1n) is 3.98. The highest BCUT2D eigenvalue weighted by atomic mass is 16.5. The number of aromatic carboxylic acids is 1. The number of nitrogens with two attached hydrogens (primary N) is 2. The van der Waals surface area contributed by atoms with E-state index in [0.717, 1.165) is 0 Å². The van der Waals surface area contributed by atoms with Gasteiger partial charge in [0.05, 0.1) is 29.6 Å². The lowest BCUT2D eigenvalue weighted by Crippen LogP contribution is -2.11. The number of rotatable bonds is 2. The van der Waals surface area contributed by atoms with Gasteiger partial charge >= 0.3 is 11.9 Å². The van der Waals surface area contributed by atoms with Crippen LogP contribution < -0.4 is 11.5 Å². The highest BCUT2D eigenvalue weighted by molar-refractivity contribution is 6.04. The van der Waals surface area contributed by atoms with Gasteiger partial charge in [-0.1, -0.05) is 0 Å². The summed E-state index contributed by atoms with van der Waals surface area (Å²) in [7, 11) is 1.20. The highest BCUT2D eigenvalue weighted by Crippen LogP contribution is 2.24. The molecule has 0 fully saturated rings. The number of hydrogen-bond donors (Lipinski definition) is 3. The van der Waals surface area contributed by atoms with E-state index >= 15 is 0 Å². The number of carboxylic acid groups (broad SMARTS) is 1. The minimum absolute atomic E-state index is 0.0556. The molecule has 6 nitrogen and oxygen atoms in total. The predicted molar refractivity (Wildman–Crippen MR) is 53.6 cm³/mol. The van der Waals surface area contributed by atoms with Crippen molar-refractivity contribution in [3.8, 4) is 0 Å². The summed E-state index contributed by atoms with van der Waals surface area (Å²) in [5.41, 5.74) is 10.7. The Kier molecular flexibility index (Phi) is 2.80. The summed E-state index contributed by atoms with van der Waals surface area (Å²) in [4.78, 5) is 21.8. The summed E-state index contributed by atoms with van der Waals surface area (Å²) in [5, 5.41) is 8.73. The molecule has 0 aromatic heterocycles. The van der Waals surface area contributed by atoms with E-state index in [9.17, 15) is 9.59 Å². The van der Waals surface area contributed by atoms with Crippen molar-refractivity contribution in [3.05, 3.63) is 23.3 Å². The number of methoxy groups -OCH3 is 1. The van der Waals surface area contributed by atoms with Crippen LogP contribution in [0.1, 0.15) is 20.7 Å². The van der Waals surface area contributed by atoms with E-state index in [1.807, 2.05) is 0 Å². The number of ether oxygens (including phenoxy) is 1. The van der Waals surface area contributed by atoms with E-state index in [-0.39, 0.29) is 22.5 Å². The second-order valence-electron chi connectivity index (χ2n) is 2.78. The molecular formula is C9H10N2O4. The van der Waals surface area contributed by atoms with Crippen molar-refractivity contribution in [3.63, 3.8) is 0 Å². The van der Waals surface area contributed by atoms with Crippen LogP contribution in [0.2, 0.25) is 0 Å². The van der Waals surface area contributed by atoms with Crippen LogP contribution in [0.4, 0.5) is 11.4 Å². The van der Waals surface area contributed by atoms with E-state index in [2.05, 4.69) is 4.74 Å². The van der Waals surface area contributed by atoms with Crippen LogP contribution >= 0.6 is 0 Å². The van der Waals surface area contributed by atoms with E-state index in [1.54, 1.807) is 0 Å². The summed E-state index contributed by atoms with van der Waals surface area (Å²) in [5.74, 6) is -1.85. The van der Waals surface area contributed by atoms with E-state index in [4.69, 9.17) is 16.6 Å². The number of carbonyl (C=O) groups is 2. The van der Waals surface area contributed by atoms with Gasteiger partial charge in [0, 0.05) is 0 Å². The molecule has 0 atom stereocenters. The fourth-order valence-corrected chi connectivity index (χ4v) is 1.11. The van der Waals surface area contributed by atoms with Crippen molar-refractivity contribution in [2.24, 2.45) is 0 Å². The SMILES string of the molecule is COC(=O)c1ccc(C(=O)O)c(N)c1N. The van der Waals surface area contributed by atoms with Gasteiger partial charge in [0.15, 0.2) is 0 Å². The van der Waals surface area contributed by atoms with Crippen LogP contribution in [-0.2, 0) is 4.74 Å². The van der Waals surface area contributed by atoms with Crippen molar-refractivity contribution >= 4 is 23.3 Å². The van der Waals surface area contributed by atoms with Gasteiger partial charge in [-0.2, -0.15) is 0 Å². The molecule has 0 amide bonds. The Morgan fingerprint density at radius 2 is 1.67 bits per heavy atom. The smallest absolute Gasteiger partial charge is 0.340 e. The largest absolute Gasteiger partial charge is 0.478 e. The number of nitrogen functional groups attached to an aromatic ring is 2. The summed E-state index contributed by atoms with van der Waals surface area (Å²) in [6.45, 7) is 0. The van der Waals surface area contributed by atoms with Gasteiger partial charge in [-0.25, -0.2) is 9.59 Å². The van der Waals surface area contributed by atoms with Gasteiger partial charge in [0.1, 0.15) is 0 Å². The van der Waals surface area contributed by atoms with Crippen LogP contribution in [0.25, 0.3) is 0 Å². The van der Waals surface area contributed by atoms with Crippen molar-refractivity contribution in [1.82, 2.24) is 0 Å². The molecule has 15 heavy (non-hydrogen) atoms. The molecule has 0 heterocycles. The minimum Gasteiger partial charge on any atom is -0.478 e. The topological polar surface area (TPSA) is 116 Å². The van der Waals surface area contributed by atoms with Crippen molar-refractivity contribution in [2.45, 2.75) is 0 Å². The third-order valence-electron chi connectivity index (χ3n) is 1.92. The summed E-state index contributed by atoms with van der Waals surface area (Å²) in [6, 6.07) is 2.47. The number of benzene rings is 1. The third-order valence-corrected chi connectivity index (χ3v) is 1.92. The maximum Gasteiger partial charge on any atom is 0.340 e. The van der Waals surface area contributed by atoms with Crippen LogP contribution in [0, 0.1) is 0 Å². The van der Waals surface area contributed by atoms with Gasteiger partial charge < -0.3 is 21.3 Å². The minimum atomic E-state index is -1.20. The van der Waals surface area contributed by atoms with Crippen LogP contribution in [0.5, 0.6) is 0 Å². The number of anilines is 2. The molecule has 0 spiro atoms. The normalized spacial score (nSPS) is 9.67. The van der Waals surface area contributed by atoms with Gasteiger partial charge in [-0.15, -0.1) is 0 Å². The Labute approximate surface area is 85.4 Å².